The van der Waals surface area contributed by atoms with Gasteiger partial charge in [0.25, 0.3) is 0 Å². The van der Waals surface area contributed by atoms with Gasteiger partial charge >= 0.3 is 0 Å². The number of nitrogens with zero attached hydrogens (tertiary/aromatic N) is 4. The third-order valence-corrected chi connectivity index (χ3v) is 15.3. The minimum atomic E-state index is -0.0692. The molecule has 1 aliphatic heterocycles. The summed E-state index contributed by atoms with van der Waals surface area (Å²) in [7, 11) is 0. The number of anilines is 2. The second kappa shape index (κ2) is 18.5. The maximum atomic E-state index is 6.82. The maximum absolute atomic E-state index is 6.82. The van der Waals surface area contributed by atoms with Crippen LogP contribution in [0.3, 0.4) is 0 Å². The van der Waals surface area contributed by atoms with Gasteiger partial charge in [-0.2, -0.15) is 12.1 Å². The van der Waals surface area contributed by atoms with E-state index in [1.807, 2.05) is 18.3 Å². The quantitative estimate of drug-likeness (QED) is 0.161. The second-order valence-corrected chi connectivity index (χ2v) is 24.7. The molecule has 0 amide bonds. The van der Waals surface area contributed by atoms with Crippen LogP contribution in [0.1, 0.15) is 105 Å². The van der Waals surface area contributed by atoms with Gasteiger partial charge in [-0.05, 0) is 135 Å². The molecule has 0 bridgehead atoms. The van der Waals surface area contributed by atoms with E-state index < -0.39 is 0 Å². The molecule has 0 saturated heterocycles. The Morgan fingerprint density at radius 1 is 0.447 bits per heavy atom. The summed E-state index contributed by atoms with van der Waals surface area (Å²) >= 11 is 0. The number of fused-ring (bicyclic) bond motifs is 10. The average molecular weight is 1170 g/mol. The molecular formula is C70H65N4OPt-3. The Hall–Kier alpha value is -7.33. The SMILES string of the molecule is CC(C)(C)c1cc(-c2cccc3c4cc(C(C)(C)C)ccc4c4ccccc4c4cccc5c4n(c23)[CH-]N5c2[c-]c(Oc3[c-]c4c(cc3)c3ccccc3n4-c3cc(C(C)(C)C)ccn3)ccc2)cc(C(C)(C)C)c1.[Pt]. The zero-order valence-corrected chi connectivity index (χ0v) is 48.0. The molecule has 12 rings (SSSR count). The molecule has 0 saturated carbocycles. The molecule has 0 atom stereocenters. The van der Waals surface area contributed by atoms with Crippen molar-refractivity contribution >= 4 is 76.5 Å². The van der Waals surface area contributed by atoms with Gasteiger partial charge in [-0.3, -0.25) is 0 Å². The van der Waals surface area contributed by atoms with Crippen LogP contribution in [0.25, 0.3) is 82.1 Å². The van der Waals surface area contributed by atoms with Gasteiger partial charge in [-0.1, -0.05) is 203 Å². The van der Waals surface area contributed by atoms with Crippen LogP contribution >= 0.6 is 0 Å². The van der Waals surface area contributed by atoms with Crippen LogP contribution in [-0.4, -0.2) is 14.1 Å². The van der Waals surface area contributed by atoms with E-state index in [1.165, 1.54) is 60.3 Å². The van der Waals surface area contributed by atoms with E-state index in [4.69, 9.17) is 9.72 Å². The van der Waals surface area contributed by atoms with Crippen molar-refractivity contribution in [2.24, 2.45) is 0 Å². The van der Waals surface area contributed by atoms with E-state index in [1.54, 1.807) is 0 Å². The first-order valence-corrected chi connectivity index (χ1v) is 26.4. The standard InChI is InChI=1S/C70H65N4O.Pt/c1-67(2,3)45-30-32-55-53-22-13-14-23-54(53)58-27-19-29-62-66(58)73(65-52(25-18-26-59(65)60(55)39-45)44-36-47(69(7,8)9)38-48(37-44)70(10,11)12)43-72(62)49-20-17-21-50(41-49)75-51-31-33-57-56-24-15-16-28-61(56)74(63(57)42-51)64-40-46(34-35-71-64)68(4,5)6;/h13-40,43H,1-12H3;/q-3;. The Labute approximate surface area is 462 Å². The van der Waals surface area contributed by atoms with Crippen molar-refractivity contribution in [2.75, 3.05) is 4.90 Å². The zero-order valence-electron chi connectivity index (χ0n) is 45.8. The van der Waals surface area contributed by atoms with Crippen LogP contribution in [0, 0.1) is 18.8 Å². The van der Waals surface area contributed by atoms with Crippen LogP contribution in [-0.2, 0) is 42.7 Å². The van der Waals surface area contributed by atoms with E-state index in [0.717, 1.165) is 55.4 Å². The smallest absolute Gasteiger partial charge is 0.135 e. The van der Waals surface area contributed by atoms with Gasteiger partial charge in [0, 0.05) is 50.0 Å². The first kappa shape index (κ1) is 50.8. The Balaban J connectivity index is 0.00000616. The van der Waals surface area contributed by atoms with Crippen molar-refractivity contribution in [3.8, 4) is 28.4 Å². The Bertz CT molecular complexity index is 4150. The third kappa shape index (κ3) is 8.81. The van der Waals surface area contributed by atoms with E-state index in [9.17, 15) is 0 Å². The van der Waals surface area contributed by atoms with Crippen molar-refractivity contribution in [1.82, 2.24) is 14.1 Å². The average Bonchev–Trinajstić information content (AvgIpc) is 4.00. The molecule has 0 fully saturated rings. The number of pyridine rings is 1. The minimum Gasteiger partial charge on any atom is -0.509 e. The molecular weight excluding hydrogens is 1110 g/mol. The molecule has 6 heteroatoms. The number of aromatic nitrogens is 3. The molecule has 3 aromatic heterocycles. The van der Waals surface area contributed by atoms with Crippen molar-refractivity contribution < 1.29 is 25.8 Å². The second-order valence-electron chi connectivity index (χ2n) is 24.7. The number of ether oxygens (including phenoxy) is 1. The number of hydrogen-bond donors (Lipinski definition) is 0. The van der Waals surface area contributed by atoms with Gasteiger partial charge in [0.05, 0.1) is 0 Å². The van der Waals surface area contributed by atoms with E-state index >= 15 is 0 Å². The van der Waals surface area contributed by atoms with Gasteiger partial charge in [-0.15, -0.1) is 35.7 Å². The molecule has 8 aromatic carbocycles. The van der Waals surface area contributed by atoms with Crippen molar-refractivity contribution in [3.05, 3.63) is 211 Å². The molecule has 5 nitrogen and oxygen atoms in total. The molecule has 1 aliphatic rings. The fourth-order valence-electron chi connectivity index (χ4n) is 11.1. The minimum absolute atomic E-state index is 0. The van der Waals surface area contributed by atoms with Gasteiger partial charge < -0.3 is 18.8 Å². The first-order chi connectivity index (χ1) is 35.7. The van der Waals surface area contributed by atoms with Crippen molar-refractivity contribution in [2.45, 2.75) is 105 Å². The third-order valence-electron chi connectivity index (χ3n) is 15.3. The van der Waals surface area contributed by atoms with Gasteiger partial charge in [-0.25, -0.2) is 4.98 Å². The summed E-state index contributed by atoms with van der Waals surface area (Å²) in [4.78, 5) is 7.19. The number of hydrogen-bond acceptors (Lipinski definition) is 3. The van der Waals surface area contributed by atoms with Crippen molar-refractivity contribution in [1.29, 1.82) is 0 Å². The van der Waals surface area contributed by atoms with E-state index in [0.29, 0.717) is 11.5 Å². The fraction of sp³-hybridized carbons (Fsp3) is 0.229. The van der Waals surface area contributed by atoms with Crippen LogP contribution in [0.15, 0.2) is 170 Å². The number of para-hydroxylation sites is 3. The van der Waals surface area contributed by atoms with E-state index in [-0.39, 0.29) is 42.7 Å². The largest absolute Gasteiger partial charge is 0.509 e. The molecule has 76 heavy (non-hydrogen) atoms. The fourth-order valence-corrected chi connectivity index (χ4v) is 11.1. The van der Waals surface area contributed by atoms with Gasteiger partial charge in [0.2, 0.25) is 0 Å². The summed E-state index contributed by atoms with van der Waals surface area (Å²) in [6.45, 7) is 29.9. The predicted molar refractivity (Wildman–Crippen MR) is 317 cm³/mol. The predicted octanol–water partition coefficient (Wildman–Crippen LogP) is 19.1. The Morgan fingerprint density at radius 2 is 1.01 bits per heavy atom. The summed E-state index contributed by atoms with van der Waals surface area (Å²) in [6.07, 6.45) is 1.91. The number of rotatable bonds is 5. The monoisotopic (exact) mass is 1170 g/mol. The molecule has 4 heterocycles. The van der Waals surface area contributed by atoms with Crippen LogP contribution in [0.5, 0.6) is 11.5 Å². The molecule has 384 valence electrons. The summed E-state index contributed by atoms with van der Waals surface area (Å²) in [6, 6.07) is 67.6. The summed E-state index contributed by atoms with van der Waals surface area (Å²) in [5, 5.41) is 9.37. The molecule has 0 N–H and O–H groups in total. The maximum Gasteiger partial charge on any atom is 0.135 e. The zero-order chi connectivity index (χ0) is 52.3. The van der Waals surface area contributed by atoms with Gasteiger partial charge in [0.1, 0.15) is 5.82 Å². The van der Waals surface area contributed by atoms with Gasteiger partial charge in [0.15, 0.2) is 0 Å². The van der Waals surface area contributed by atoms with Crippen LogP contribution < -0.4 is 9.64 Å². The van der Waals surface area contributed by atoms with Crippen molar-refractivity contribution in [3.63, 3.8) is 0 Å². The Kier molecular flexibility index (Phi) is 12.3. The number of benzene rings is 8. The Morgan fingerprint density at radius 3 is 1.71 bits per heavy atom. The topological polar surface area (TPSA) is 35.2 Å². The first-order valence-electron chi connectivity index (χ1n) is 26.4. The van der Waals surface area contributed by atoms with Crippen LogP contribution in [0.2, 0.25) is 0 Å². The summed E-state index contributed by atoms with van der Waals surface area (Å²) < 4.78 is 11.5. The molecule has 0 aliphatic carbocycles. The van der Waals surface area contributed by atoms with E-state index in [2.05, 4.69) is 268 Å². The van der Waals surface area contributed by atoms with Crippen LogP contribution in [0.4, 0.5) is 11.4 Å². The molecule has 0 spiro atoms. The summed E-state index contributed by atoms with van der Waals surface area (Å²) in [5.41, 5.74) is 13.4. The molecule has 0 radical (unpaired) electrons. The normalized spacial score (nSPS) is 13.0. The molecule has 11 aromatic rings. The summed E-state index contributed by atoms with van der Waals surface area (Å²) in [5.74, 6) is 2.04. The molecule has 0 unspecified atom stereocenters.